The summed E-state index contributed by atoms with van der Waals surface area (Å²) in [6.07, 6.45) is 9.41. The molecular formula is C16H28O3. The van der Waals surface area contributed by atoms with Crippen LogP contribution in [-0.2, 0) is 14.3 Å². The van der Waals surface area contributed by atoms with Crippen LogP contribution < -0.4 is 0 Å². The third-order valence-electron chi connectivity index (χ3n) is 4.65. The van der Waals surface area contributed by atoms with E-state index in [0.717, 1.165) is 51.7 Å². The molecule has 3 heteroatoms. The molecule has 1 aliphatic carbocycles. The van der Waals surface area contributed by atoms with Gasteiger partial charge in [0.25, 0.3) is 0 Å². The summed E-state index contributed by atoms with van der Waals surface area (Å²) in [4.78, 5) is 12.8. The summed E-state index contributed by atoms with van der Waals surface area (Å²) in [7, 11) is 0. The van der Waals surface area contributed by atoms with Crippen LogP contribution in [0, 0.1) is 5.92 Å². The van der Waals surface area contributed by atoms with Crippen molar-refractivity contribution in [2.24, 2.45) is 5.92 Å². The number of ether oxygens (including phenoxy) is 2. The second kappa shape index (κ2) is 7.39. The highest BCUT2D eigenvalue weighted by Gasteiger charge is 2.39. The van der Waals surface area contributed by atoms with Gasteiger partial charge in [0.05, 0.1) is 0 Å². The van der Waals surface area contributed by atoms with E-state index in [0.29, 0.717) is 24.7 Å². The van der Waals surface area contributed by atoms with Crippen molar-refractivity contribution in [3.63, 3.8) is 0 Å². The minimum absolute atomic E-state index is 0.364. The van der Waals surface area contributed by atoms with E-state index >= 15 is 0 Å². The molecule has 19 heavy (non-hydrogen) atoms. The van der Waals surface area contributed by atoms with E-state index in [2.05, 4.69) is 0 Å². The summed E-state index contributed by atoms with van der Waals surface area (Å²) in [6.45, 7) is 4.30. The second-order valence-corrected chi connectivity index (χ2v) is 6.02. The molecule has 3 nitrogen and oxygen atoms in total. The Morgan fingerprint density at radius 1 is 1.16 bits per heavy atom. The van der Waals surface area contributed by atoms with Crippen LogP contribution in [0.25, 0.3) is 0 Å². The minimum Gasteiger partial charge on any atom is -0.381 e. The van der Waals surface area contributed by atoms with Crippen molar-refractivity contribution in [2.75, 3.05) is 19.8 Å². The van der Waals surface area contributed by atoms with Crippen molar-refractivity contribution in [3.8, 4) is 0 Å². The first-order valence-corrected chi connectivity index (χ1v) is 8.02. The fraction of sp³-hybridized carbons (Fsp3) is 0.938. The van der Waals surface area contributed by atoms with Crippen molar-refractivity contribution in [1.29, 1.82) is 0 Å². The molecule has 0 N–H and O–H groups in total. The van der Waals surface area contributed by atoms with E-state index in [1.54, 1.807) is 0 Å². The van der Waals surface area contributed by atoms with Crippen molar-refractivity contribution < 1.29 is 14.3 Å². The average molecular weight is 268 g/mol. The zero-order valence-electron chi connectivity index (χ0n) is 12.3. The summed E-state index contributed by atoms with van der Waals surface area (Å²) in [5, 5.41) is 0. The van der Waals surface area contributed by atoms with Gasteiger partial charge in [0, 0.05) is 26.2 Å². The first-order valence-electron chi connectivity index (χ1n) is 8.02. The largest absolute Gasteiger partial charge is 0.381 e. The Bertz CT molecular complexity index is 274. The molecule has 1 heterocycles. The monoisotopic (exact) mass is 268 g/mol. The zero-order valence-corrected chi connectivity index (χ0v) is 12.3. The fourth-order valence-electron chi connectivity index (χ4n) is 3.48. The van der Waals surface area contributed by atoms with Gasteiger partial charge in [-0.1, -0.05) is 25.7 Å². The first-order chi connectivity index (χ1) is 9.27. The lowest BCUT2D eigenvalue weighted by Crippen LogP contribution is -2.42. The highest BCUT2D eigenvalue weighted by Crippen LogP contribution is 2.34. The molecule has 1 aliphatic heterocycles. The second-order valence-electron chi connectivity index (χ2n) is 6.02. The van der Waals surface area contributed by atoms with Gasteiger partial charge in [0.15, 0.2) is 5.78 Å². The van der Waals surface area contributed by atoms with E-state index in [1.807, 2.05) is 6.92 Å². The van der Waals surface area contributed by atoms with Gasteiger partial charge in [0.1, 0.15) is 5.60 Å². The van der Waals surface area contributed by atoms with Crippen LogP contribution in [0.1, 0.15) is 64.7 Å². The highest BCUT2D eigenvalue weighted by molar-refractivity contribution is 5.87. The summed E-state index contributed by atoms with van der Waals surface area (Å²) >= 11 is 0. The van der Waals surface area contributed by atoms with Crippen molar-refractivity contribution >= 4 is 5.78 Å². The Labute approximate surface area is 117 Å². The molecule has 2 rings (SSSR count). The lowest BCUT2D eigenvalue weighted by atomic mass is 9.82. The van der Waals surface area contributed by atoms with Gasteiger partial charge >= 0.3 is 0 Å². The molecule has 1 saturated heterocycles. The Kier molecular flexibility index (Phi) is 5.83. The molecule has 110 valence electrons. The molecule has 2 aliphatic rings. The third kappa shape index (κ3) is 4.03. The zero-order chi connectivity index (χ0) is 13.6. The molecule has 2 fully saturated rings. The smallest absolute Gasteiger partial charge is 0.164 e. The Morgan fingerprint density at radius 3 is 2.37 bits per heavy atom. The summed E-state index contributed by atoms with van der Waals surface area (Å²) in [6, 6.07) is 0. The molecule has 0 aromatic heterocycles. The molecule has 0 spiro atoms. The van der Waals surface area contributed by atoms with E-state index in [9.17, 15) is 4.79 Å². The lowest BCUT2D eigenvalue weighted by molar-refractivity contribution is -0.148. The quantitative estimate of drug-likeness (QED) is 0.716. The summed E-state index contributed by atoms with van der Waals surface area (Å²) in [5.74, 6) is 0.880. The molecule has 0 amide bonds. The molecule has 1 saturated carbocycles. The van der Waals surface area contributed by atoms with E-state index in [1.165, 1.54) is 12.8 Å². The number of rotatable bonds is 5. The Balaban J connectivity index is 1.97. The summed E-state index contributed by atoms with van der Waals surface area (Å²) in [5.41, 5.74) is -0.455. The lowest BCUT2D eigenvalue weighted by Gasteiger charge is -2.33. The standard InChI is InChI=1S/C16H28O3/c1-2-19-16(9-5-3-4-6-10-16)15(17)13-14-7-11-18-12-8-14/h14H,2-13H2,1H3. The van der Waals surface area contributed by atoms with E-state index < -0.39 is 5.60 Å². The maximum absolute atomic E-state index is 12.8. The van der Waals surface area contributed by atoms with Crippen LogP contribution in [0.15, 0.2) is 0 Å². The molecule has 0 bridgehead atoms. The number of ketones is 1. The number of hydrogen-bond acceptors (Lipinski definition) is 3. The van der Waals surface area contributed by atoms with Gasteiger partial charge in [-0.05, 0) is 38.5 Å². The molecule has 0 radical (unpaired) electrons. The van der Waals surface area contributed by atoms with Crippen LogP contribution in [-0.4, -0.2) is 31.2 Å². The highest BCUT2D eigenvalue weighted by atomic mass is 16.5. The Hall–Kier alpha value is -0.410. The normalized spacial score (nSPS) is 24.9. The summed E-state index contributed by atoms with van der Waals surface area (Å²) < 4.78 is 11.3. The van der Waals surface area contributed by atoms with Crippen molar-refractivity contribution in [3.05, 3.63) is 0 Å². The number of carbonyl (C=O) groups excluding carboxylic acids is 1. The van der Waals surface area contributed by atoms with Crippen molar-refractivity contribution in [2.45, 2.75) is 70.3 Å². The predicted molar refractivity (Wildman–Crippen MR) is 75.2 cm³/mol. The average Bonchev–Trinajstić information content (AvgIpc) is 2.67. The van der Waals surface area contributed by atoms with E-state index in [4.69, 9.17) is 9.47 Å². The predicted octanol–water partition coefficient (Wildman–Crippen LogP) is 3.50. The molecule has 0 atom stereocenters. The first kappa shape index (κ1) is 15.0. The maximum Gasteiger partial charge on any atom is 0.164 e. The van der Waals surface area contributed by atoms with Crippen LogP contribution in [0.2, 0.25) is 0 Å². The number of hydrogen-bond donors (Lipinski definition) is 0. The van der Waals surface area contributed by atoms with Crippen LogP contribution in [0.5, 0.6) is 0 Å². The van der Waals surface area contributed by atoms with Gasteiger partial charge in [-0.2, -0.15) is 0 Å². The minimum atomic E-state index is -0.455. The van der Waals surface area contributed by atoms with Gasteiger partial charge in [-0.15, -0.1) is 0 Å². The third-order valence-corrected chi connectivity index (χ3v) is 4.65. The van der Waals surface area contributed by atoms with Gasteiger partial charge in [-0.25, -0.2) is 0 Å². The molecular weight excluding hydrogens is 240 g/mol. The van der Waals surface area contributed by atoms with Crippen LogP contribution in [0.3, 0.4) is 0 Å². The topological polar surface area (TPSA) is 35.5 Å². The molecule has 0 unspecified atom stereocenters. The number of Topliss-reactive ketones (excluding diaryl/α,β-unsaturated/α-hetero) is 1. The molecule has 0 aromatic rings. The SMILES string of the molecule is CCOC1(C(=O)CC2CCOCC2)CCCCCC1. The Morgan fingerprint density at radius 2 is 1.79 bits per heavy atom. The van der Waals surface area contributed by atoms with Gasteiger partial charge < -0.3 is 9.47 Å². The van der Waals surface area contributed by atoms with Gasteiger partial charge in [0.2, 0.25) is 0 Å². The van der Waals surface area contributed by atoms with Gasteiger partial charge in [-0.3, -0.25) is 4.79 Å². The van der Waals surface area contributed by atoms with E-state index in [-0.39, 0.29) is 0 Å². The maximum atomic E-state index is 12.8. The van der Waals surface area contributed by atoms with Crippen LogP contribution in [0.4, 0.5) is 0 Å². The fourth-order valence-corrected chi connectivity index (χ4v) is 3.48. The number of carbonyl (C=O) groups is 1. The molecule has 0 aromatic carbocycles. The van der Waals surface area contributed by atoms with Crippen molar-refractivity contribution in [1.82, 2.24) is 0 Å². The van der Waals surface area contributed by atoms with Crippen LogP contribution >= 0.6 is 0 Å².